The molecule has 0 aliphatic carbocycles. The minimum Gasteiger partial charge on any atom is -0.379 e. The van der Waals surface area contributed by atoms with Gasteiger partial charge in [-0.3, -0.25) is 4.99 Å². The molecule has 2 nitrogen and oxygen atoms in total. The molecule has 1 aliphatic rings. The molecule has 0 aromatic rings. The fraction of sp³-hybridized carbons (Fsp3) is 0.300. The SMILES string of the molecule is C=C1NCC(N=CC)=C1/C=C\C. The summed E-state index contributed by atoms with van der Waals surface area (Å²) in [6, 6.07) is 0. The Kier molecular flexibility index (Phi) is 2.86. The standard InChI is InChI=1S/C10H14N2/c1-4-6-9-8(3)12-7-10(9)11-5-2/h4-6,12H,3,7H2,1-2H3/b6-4-,11-5?. The van der Waals surface area contributed by atoms with Crippen molar-refractivity contribution in [3.8, 4) is 0 Å². The van der Waals surface area contributed by atoms with Crippen molar-refractivity contribution in [2.45, 2.75) is 13.8 Å². The zero-order valence-corrected chi connectivity index (χ0v) is 7.59. The Balaban J connectivity index is 2.97. The van der Waals surface area contributed by atoms with Crippen LogP contribution in [0.5, 0.6) is 0 Å². The molecule has 0 spiro atoms. The van der Waals surface area contributed by atoms with Gasteiger partial charge in [-0.15, -0.1) is 0 Å². The normalized spacial score (nSPS) is 18.3. The van der Waals surface area contributed by atoms with E-state index in [0.717, 1.165) is 23.5 Å². The fourth-order valence-electron chi connectivity index (χ4n) is 1.19. The van der Waals surface area contributed by atoms with Crippen LogP contribution in [0, 0.1) is 0 Å². The largest absolute Gasteiger partial charge is 0.379 e. The molecule has 0 radical (unpaired) electrons. The van der Waals surface area contributed by atoms with Crippen molar-refractivity contribution in [2.24, 2.45) is 4.99 Å². The van der Waals surface area contributed by atoms with Gasteiger partial charge in [0.15, 0.2) is 0 Å². The highest BCUT2D eigenvalue weighted by Crippen LogP contribution is 2.19. The van der Waals surface area contributed by atoms with Gasteiger partial charge in [-0.2, -0.15) is 0 Å². The Morgan fingerprint density at radius 3 is 2.83 bits per heavy atom. The molecular weight excluding hydrogens is 148 g/mol. The van der Waals surface area contributed by atoms with Crippen LogP contribution in [0.15, 0.2) is 40.7 Å². The van der Waals surface area contributed by atoms with Crippen molar-refractivity contribution in [3.63, 3.8) is 0 Å². The summed E-state index contributed by atoms with van der Waals surface area (Å²) in [7, 11) is 0. The minimum absolute atomic E-state index is 0.794. The molecule has 0 aromatic carbocycles. The van der Waals surface area contributed by atoms with Crippen LogP contribution in [-0.2, 0) is 0 Å². The highest BCUT2D eigenvalue weighted by atomic mass is 15.0. The van der Waals surface area contributed by atoms with E-state index >= 15 is 0 Å². The predicted octanol–water partition coefficient (Wildman–Crippen LogP) is 2.02. The summed E-state index contributed by atoms with van der Waals surface area (Å²) in [5, 5.41) is 3.16. The van der Waals surface area contributed by atoms with Crippen LogP contribution in [-0.4, -0.2) is 12.8 Å². The highest BCUT2D eigenvalue weighted by molar-refractivity contribution is 5.58. The molecule has 0 unspecified atom stereocenters. The third-order valence-corrected chi connectivity index (χ3v) is 1.72. The molecule has 0 fully saturated rings. The molecular formula is C10H14N2. The average Bonchev–Trinajstić information content (AvgIpc) is 2.37. The van der Waals surface area contributed by atoms with E-state index in [4.69, 9.17) is 0 Å². The molecule has 64 valence electrons. The summed E-state index contributed by atoms with van der Waals surface area (Å²) < 4.78 is 0. The lowest BCUT2D eigenvalue weighted by atomic mass is 10.2. The number of nitrogens with one attached hydrogen (secondary N) is 1. The molecule has 0 amide bonds. The number of rotatable bonds is 2. The first kappa shape index (κ1) is 8.78. The van der Waals surface area contributed by atoms with Gasteiger partial charge in [0.2, 0.25) is 0 Å². The van der Waals surface area contributed by atoms with Crippen LogP contribution < -0.4 is 5.32 Å². The molecule has 2 heteroatoms. The van der Waals surface area contributed by atoms with Gasteiger partial charge in [0, 0.05) is 17.5 Å². The van der Waals surface area contributed by atoms with Crippen molar-refractivity contribution >= 4 is 6.21 Å². The lowest BCUT2D eigenvalue weighted by molar-refractivity contribution is 0.947. The van der Waals surface area contributed by atoms with Crippen molar-refractivity contribution < 1.29 is 0 Å². The van der Waals surface area contributed by atoms with Crippen LogP contribution in [0.2, 0.25) is 0 Å². The Labute approximate surface area is 73.4 Å². The summed E-state index contributed by atoms with van der Waals surface area (Å²) in [4.78, 5) is 4.25. The zero-order chi connectivity index (χ0) is 8.97. The maximum absolute atomic E-state index is 4.25. The molecule has 0 saturated heterocycles. The van der Waals surface area contributed by atoms with E-state index in [1.807, 2.05) is 26.0 Å². The van der Waals surface area contributed by atoms with E-state index in [1.165, 1.54) is 0 Å². The van der Waals surface area contributed by atoms with Gasteiger partial charge in [0.1, 0.15) is 0 Å². The predicted molar refractivity (Wildman–Crippen MR) is 53.1 cm³/mol. The van der Waals surface area contributed by atoms with Crippen LogP contribution >= 0.6 is 0 Å². The Bertz CT molecular complexity index is 270. The molecule has 0 saturated carbocycles. The van der Waals surface area contributed by atoms with Crippen molar-refractivity contribution in [2.75, 3.05) is 6.54 Å². The highest BCUT2D eigenvalue weighted by Gasteiger charge is 2.13. The Morgan fingerprint density at radius 2 is 2.25 bits per heavy atom. The number of allylic oxidation sites excluding steroid dienone is 2. The summed E-state index contributed by atoms with van der Waals surface area (Å²) in [6.07, 6.45) is 5.84. The monoisotopic (exact) mass is 162 g/mol. The smallest absolute Gasteiger partial charge is 0.0683 e. The number of hydrogen-bond acceptors (Lipinski definition) is 2. The van der Waals surface area contributed by atoms with Crippen LogP contribution in [0.1, 0.15) is 13.8 Å². The molecule has 1 rings (SSSR count). The topological polar surface area (TPSA) is 24.4 Å². The van der Waals surface area contributed by atoms with Gasteiger partial charge < -0.3 is 5.32 Å². The van der Waals surface area contributed by atoms with E-state index in [-0.39, 0.29) is 0 Å². The summed E-state index contributed by atoms with van der Waals surface area (Å²) in [5.74, 6) is 0. The fourth-order valence-corrected chi connectivity index (χ4v) is 1.19. The maximum atomic E-state index is 4.25. The second kappa shape index (κ2) is 3.90. The number of aliphatic imine (C=N–C) groups is 1. The first-order chi connectivity index (χ1) is 5.79. The van der Waals surface area contributed by atoms with E-state index in [1.54, 1.807) is 6.21 Å². The van der Waals surface area contributed by atoms with Crippen LogP contribution in [0.4, 0.5) is 0 Å². The quantitative estimate of drug-likeness (QED) is 0.617. The second-order valence-electron chi connectivity index (χ2n) is 2.58. The second-order valence-corrected chi connectivity index (χ2v) is 2.58. The van der Waals surface area contributed by atoms with Crippen molar-refractivity contribution in [3.05, 3.63) is 35.7 Å². The molecule has 12 heavy (non-hydrogen) atoms. The van der Waals surface area contributed by atoms with Gasteiger partial charge in [0.25, 0.3) is 0 Å². The first-order valence-electron chi connectivity index (χ1n) is 4.07. The molecule has 1 aliphatic heterocycles. The van der Waals surface area contributed by atoms with Gasteiger partial charge in [-0.25, -0.2) is 0 Å². The van der Waals surface area contributed by atoms with Crippen molar-refractivity contribution in [1.82, 2.24) is 5.32 Å². The summed E-state index contributed by atoms with van der Waals surface area (Å²) in [6.45, 7) is 8.60. The summed E-state index contributed by atoms with van der Waals surface area (Å²) >= 11 is 0. The average molecular weight is 162 g/mol. The number of hydrogen-bond donors (Lipinski definition) is 1. The Morgan fingerprint density at radius 1 is 1.50 bits per heavy atom. The molecule has 0 bridgehead atoms. The molecule has 0 atom stereocenters. The van der Waals surface area contributed by atoms with Crippen LogP contribution in [0.25, 0.3) is 0 Å². The van der Waals surface area contributed by atoms with Crippen molar-refractivity contribution in [1.29, 1.82) is 0 Å². The minimum atomic E-state index is 0.794. The lowest BCUT2D eigenvalue weighted by Gasteiger charge is -1.95. The molecule has 1 heterocycles. The maximum Gasteiger partial charge on any atom is 0.0683 e. The molecule has 0 aromatic heterocycles. The first-order valence-corrected chi connectivity index (χ1v) is 4.07. The Hall–Kier alpha value is -1.31. The van der Waals surface area contributed by atoms with Gasteiger partial charge >= 0.3 is 0 Å². The third kappa shape index (κ3) is 1.64. The summed E-state index contributed by atoms with van der Waals surface area (Å²) in [5.41, 5.74) is 3.16. The van der Waals surface area contributed by atoms with E-state index < -0.39 is 0 Å². The third-order valence-electron chi connectivity index (χ3n) is 1.72. The van der Waals surface area contributed by atoms with Crippen LogP contribution in [0.3, 0.4) is 0 Å². The van der Waals surface area contributed by atoms with Gasteiger partial charge in [-0.1, -0.05) is 18.7 Å². The van der Waals surface area contributed by atoms with E-state index in [0.29, 0.717) is 0 Å². The zero-order valence-electron chi connectivity index (χ0n) is 7.59. The molecule has 1 N–H and O–H groups in total. The van der Waals surface area contributed by atoms with Gasteiger partial charge in [0.05, 0.1) is 12.2 Å². The van der Waals surface area contributed by atoms with E-state index in [9.17, 15) is 0 Å². The van der Waals surface area contributed by atoms with Gasteiger partial charge in [-0.05, 0) is 13.8 Å². The van der Waals surface area contributed by atoms with E-state index in [2.05, 4.69) is 16.9 Å². The number of nitrogens with zero attached hydrogens (tertiary/aromatic N) is 1. The lowest BCUT2D eigenvalue weighted by Crippen LogP contribution is -2.05.